The fourth-order valence-electron chi connectivity index (χ4n) is 1.99. The van der Waals surface area contributed by atoms with E-state index >= 15 is 0 Å². The van der Waals surface area contributed by atoms with E-state index in [-0.39, 0.29) is 0 Å². The van der Waals surface area contributed by atoms with Crippen molar-refractivity contribution in [2.24, 2.45) is 0 Å². The van der Waals surface area contributed by atoms with Crippen LogP contribution < -0.4 is 10.1 Å². The molecule has 2 rings (SSSR count). The number of ether oxygens (including phenoxy) is 1. The van der Waals surface area contributed by atoms with Crippen LogP contribution in [0.4, 0.5) is 0 Å². The molecule has 20 heavy (non-hydrogen) atoms. The lowest BCUT2D eigenvalue weighted by molar-refractivity contribution is 0.305. The van der Waals surface area contributed by atoms with Crippen molar-refractivity contribution in [3.8, 4) is 5.75 Å². The Kier molecular flexibility index (Phi) is 5.21. The molecule has 2 nitrogen and oxygen atoms in total. The molecule has 0 aliphatic carbocycles. The maximum atomic E-state index is 5.86. The Morgan fingerprint density at radius 1 is 1.05 bits per heavy atom. The predicted molar refractivity (Wildman–Crippen MR) is 87.2 cm³/mol. The highest BCUT2D eigenvalue weighted by Gasteiger charge is 2.03. The van der Waals surface area contributed by atoms with Crippen LogP contribution in [0, 0.1) is 13.8 Å². The second kappa shape index (κ2) is 6.91. The molecule has 0 saturated heterocycles. The summed E-state index contributed by atoms with van der Waals surface area (Å²) in [6.07, 6.45) is 0. The minimum atomic E-state index is 0.572. The normalized spacial score (nSPS) is 10.6. The van der Waals surface area contributed by atoms with E-state index in [0.29, 0.717) is 6.61 Å². The summed E-state index contributed by atoms with van der Waals surface area (Å²) >= 11 is 3.61. The molecule has 0 aliphatic heterocycles. The molecule has 0 fully saturated rings. The molecule has 0 amide bonds. The topological polar surface area (TPSA) is 21.3 Å². The SMILES string of the molecule is CNCc1ccc(COc2ccc(C)c(C)c2)c(Br)c1. The van der Waals surface area contributed by atoms with E-state index in [9.17, 15) is 0 Å². The molecule has 0 radical (unpaired) electrons. The van der Waals surface area contributed by atoms with Crippen molar-refractivity contribution < 1.29 is 4.74 Å². The smallest absolute Gasteiger partial charge is 0.120 e. The lowest BCUT2D eigenvalue weighted by Gasteiger charge is -2.11. The molecule has 0 spiro atoms. The van der Waals surface area contributed by atoms with Gasteiger partial charge in [-0.2, -0.15) is 0 Å². The molecule has 1 N–H and O–H groups in total. The Morgan fingerprint density at radius 2 is 1.85 bits per heavy atom. The Bertz CT molecular complexity index is 596. The zero-order valence-corrected chi connectivity index (χ0v) is 13.8. The van der Waals surface area contributed by atoms with E-state index in [4.69, 9.17) is 4.74 Å². The van der Waals surface area contributed by atoms with E-state index in [1.807, 2.05) is 13.1 Å². The molecule has 106 valence electrons. The second-order valence-electron chi connectivity index (χ2n) is 4.99. The molecule has 0 heterocycles. The molecule has 0 bridgehead atoms. The van der Waals surface area contributed by atoms with Gasteiger partial charge in [0.15, 0.2) is 0 Å². The Morgan fingerprint density at radius 3 is 2.50 bits per heavy atom. The van der Waals surface area contributed by atoms with Crippen LogP contribution in [0.2, 0.25) is 0 Å². The molecule has 0 atom stereocenters. The first-order chi connectivity index (χ1) is 9.60. The number of halogens is 1. The van der Waals surface area contributed by atoms with Crippen LogP contribution in [0.15, 0.2) is 40.9 Å². The van der Waals surface area contributed by atoms with Gasteiger partial charge in [0, 0.05) is 16.6 Å². The van der Waals surface area contributed by atoms with Crippen molar-refractivity contribution in [3.05, 3.63) is 63.1 Å². The van der Waals surface area contributed by atoms with Gasteiger partial charge in [-0.1, -0.05) is 34.1 Å². The first kappa shape index (κ1) is 15.1. The molecular formula is C17H20BrNO. The summed E-state index contributed by atoms with van der Waals surface area (Å²) in [7, 11) is 1.95. The van der Waals surface area contributed by atoms with Gasteiger partial charge in [0.25, 0.3) is 0 Å². The van der Waals surface area contributed by atoms with Gasteiger partial charge in [-0.15, -0.1) is 0 Å². The molecular weight excluding hydrogens is 314 g/mol. The van der Waals surface area contributed by atoms with E-state index in [0.717, 1.165) is 22.3 Å². The van der Waals surface area contributed by atoms with Gasteiger partial charge >= 0.3 is 0 Å². The number of rotatable bonds is 5. The highest BCUT2D eigenvalue weighted by molar-refractivity contribution is 9.10. The van der Waals surface area contributed by atoms with E-state index in [1.54, 1.807) is 0 Å². The van der Waals surface area contributed by atoms with Crippen molar-refractivity contribution in [2.75, 3.05) is 7.05 Å². The third kappa shape index (κ3) is 3.84. The van der Waals surface area contributed by atoms with Crippen LogP contribution >= 0.6 is 15.9 Å². The number of hydrogen-bond donors (Lipinski definition) is 1. The summed E-state index contributed by atoms with van der Waals surface area (Å²) in [4.78, 5) is 0. The second-order valence-corrected chi connectivity index (χ2v) is 5.85. The lowest BCUT2D eigenvalue weighted by atomic mass is 10.1. The van der Waals surface area contributed by atoms with Crippen LogP contribution in [0.5, 0.6) is 5.75 Å². The van der Waals surface area contributed by atoms with Crippen LogP contribution in [0.25, 0.3) is 0 Å². The quantitative estimate of drug-likeness (QED) is 0.877. The summed E-state index contributed by atoms with van der Waals surface area (Å²) < 4.78 is 6.95. The average molecular weight is 334 g/mol. The average Bonchev–Trinajstić information content (AvgIpc) is 2.42. The number of nitrogens with one attached hydrogen (secondary N) is 1. The molecule has 0 saturated carbocycles. The summed E-state index contributed by atoms with van der Waals surface area (Å²) in [6.45, 7) is 5.65. The van der Waals surface area contributed by atoms with E-state index in [1.165, 1.54) is 16.7 Å². The predicted octanol–water partition coefficient (Wildman–Crippen LogP) is 4.36. The fraction of sp³-hybridized carbons (Fsp3) is 0.294. The van der Waals surface area contributed by atoms with Gasteiger partial charge in [0.2, 0.25) is 0 Å². The summed E-state index contributed by atoms with van der Waals surface area (Å²) in [6, 6.07) is 12.6. The largest absolute Gasteiger partial charge is 0.489 e. The minimum Gasteiger partial charge on any atom is -0.489 e. The molecule has 3 heteroatoms. The molecule has 2 aromatic carbocycles. The third-order valence-corrected chi connectivity index (χ3v) is 4.11. The lowest BCUT2D eigenvalue weighted by Crippen LogP contribution is -2.05. The highest BCUT2D eigenvalue weighted by Crippen LogP contribution is 2.22. The fourth-order valence-corrected chi connectivity index (χ4v) is 2.53. The summed E-state index contributed by atoms with van der Waals surface area (Å²) in [5.41, 5.74) is 4.96. The van der Waals surface area contributed by atoms with Crippen molar-refractivity contribution in [3.63, 3.8) is 0 Å². The van der Waals surface area contributed by atoms with Gasteiger partial charge < -0.3 is 10.1 Å². The van der Waals surface area contributed by atoms with Gasteiger partial charge in [-0.25, -0.2) is 0 Å². The molecule has 0 aliphatic rings. The molecule has 0 unspecified atom stereocenters. The Hall–Kier alpha value is -1.32. The van der Waals surface area contributed by atoms with Crippen LogP contribution in [0.3, 0.4) is 0 Å². The maximum absolute atomic E-state index is 5.86. The van der Waals surface area contributed by atoms with Crippen molar-refractivity contribution in [1.82, 2.24) is 5.32 Å². The number of hydrogen-bond acceptors (Lipinski definition) is 2. The minimum absolute atomic E-state index is 0.572. The monoisotopic (exact) mass is 333 g/mol. The van der Waals surface area contributed by atoms with Gasteiger partial charge in [0.05, 0.1) is 0 Å². The highest BCUT2D eigenvalue weighted by atomic mass is 79.9. The zero-order chi connectivity index (χ0) is 14.5. The Balaban J connectivity index is 2.05. The molecule has 2 aromatic rings. The van der Waals surface area contributed by atoms with Crippen LogP contribution in [-0.4, -0.2) is 7.05 Å². The summed E-state index contributed by atoms with van der Waals surface area (Å²) in [5, 5.41) is 3.15. The van der Waals surface area contributed by atoms with Crippen molar-refractivity contribution in [2.45, 2.75) is 27.0 Å². The van der Waals surface area contributed by atoms with Crippen molar-refractivity contribution in [1.29, 1.82) is 0 Å². The van der Waals surface area contributed by atoms with Gasteiger partial charge in [-0.3, -0.25) is 0 Å². The zero-order valence-electron chi connectivity index (χ0n) is 12.2. The maximum Gasteiger partial charge on any atom is 0.120 e. The number of aryl methyl sites for hydroxylation is 2. The third-order valence-electron chi connectivity index (χ3n) is 3.37. The summed E-state index contributed by atoms with van der Waals surface area (Å²) in [5.74, 6) is 0.916. The number of benzene rings is 2. The van der Waals surface area contributed by atoms with Gasteiger partial charge in [0.1, 0.15) is 12.4 Å². The van der Waals surface area contributed by atoms with Crippen molar-refractivity contribution >= 4 is 15.9 Å². The van der Waals surface area contributed by atoms with Crippen LogP contribution in [0.1, 0.15) is 22.3 Å². The van der Waals surface area contributed by atoms with Gasteiger partial charge in [-0.05, 0) is 55.8 Å². The first-order valence-corrected chi connectivity index (χ1v) is 7.51. The van der Waals surface area contributed by atoms with E-state index < -0.39 is 0 Å². The standard InChI is InChI=1S/C17H20BrNO/c1-12-4-7-16(8-13(12)2)20-11-15-6-5-14(10-19-3)9-17(15)18/h4-9,19H,10-11H2,1-3H3. The van der Waals surface area contributed by atoms with Crippen LogP contribution in [-0.2, 0) is 13.2 Å². The molecule has 0 aromatic heterocycles. The first-order valence-electron chi connectivity index (χ1n) is 6.72. The van der Waals surface area contributed by atoms with E-state index in [2.05, 4.69) is 65.4 Å². The Labute approximate surface area is 129 Å².